The lowest BCUT2D eigenvalue weighted by atomic mass is 10.1. The molecule has 0 aromatic heterocycles. The van der Waals surface area contributed by atoms with Crippen LogP contribution in [-0.4, -0.2) is 26.1 Å². The first-order valence-corrected chi connectivity index (χ1v) is 9.57. The Kier molecular flexibility index (Phi) is 7.53. The second kappa shape index (κ2) is 10.3. The average molecular weight is 403 g/mol. The van der Waals surface area contributed by atoms with Gasteiger partial charge < -0.3 is 18.9 Å². The van der Waals surface area contributed by atoms with Crippen molar-refractivity contribution >= 4 is 0 Å². The summed E-state index contributed by atoms with van der Waals surface area (Å²) >= 11 is 0. The highest BCUT2D eigenvalue weighted by Gasteiger charge is 2.24. The van der Waals surface area contributed by atoms with Crippen LogP contribution in [0.1, 0.15) is 42.6 Å². The minimum atomic E-state index is -1.20. The third kappa shape index (κ3) is 5.51. The number of ether oxygens (including phenoxy) is 4. The first-order valence-electron chi connectivity index (χ1n) is 9.57. The molecule has 0 radical (unpaired) electrons. The lowest BCUT2D eigenvalue weighted by Crippen LogP contribution is -2.33. The number of hydrogen-bond acceptors (Lipinski definition) is 5. The molecule has 29 heavy (non-hydrogen) atoms. The molecule has 1 heterocycles. The number of nitrogens with zero attached hydrogens (tertiary/aromatic N) is 1. The summed E-state index contributed by atoms with van der Waals surface area (Å²) in [5.41, 5.74) is 1.39. The monoisotopic (exact) mass is 403 g/mol. The quantitative estimate of drug-likeness (QED) is 0.601. The van der Waals surface area contributed by atoms with Crippen LogP contribution in [0.4, 0.5) is 8.78 Å². The molecule has 1 aliphatic heterocycles. The van der Waals surface area contributed by atoms with E-state index in [1.54, 1.807) is 6.07 Å². The molecule has 2 atom stereocenters. The van der Waals surface area contributed by atoms with Gasteiger partial charge in [0.25, 0.3) is 0 Å². The van der Waals surface area contributed by atoms with Crippen molar-refractivity contribution < 1.29 is 27.7 Å². The molecular weight excluding hydrogens is 380 g/mol. The van der Waals surface area contributed by atoms with Crippen LogP contribution in [0.25, 0.3) is 0 Å². The van der Waals surface area contributed by atoms with E-state index in [1.165, 1.54) is 12.1 Å². The van der Waals surface area contributed by atoms with E-state index in [2.05, 4.69) is 6.92 Å². The van der Waals surface area contributed by atoms with Gasteiger partial charge >= 0.3 is 0 Å². The van der Waals surface area contributed by atoms with Crippen molar-refractivity contribution in [3.05, 3.63) is 64.7 Å². The molecule has 3 rings (SSSR count). The molecule has 0 aliphatic carbocycles. The van der Waals surface area contributed by atoms with Gasteiger partial charge in [0.2, 0.25) is 5.82 Å². The number of hydrogen-bond donors (Lipinski definition) is 0. The Morgan fingerprint density at radius 1 is 1.07 bits per heavy atom. The smallest absolute Gasteiger partial charge is 0.202 e. The average Bonchev–Trinajstić information content (AvgIpc) is 2.76. The van der Waals surface area contributed by atoms with Gasteiger partial charge in [-0.1, -0.05) is 37.6 Å². The molecule has 0 saturated carbocycles. The maximum absolute atomic E-state index is 13.9. The van der Waals surface area contributed by atoms with E-state index in [9.17, 15) is 8.78 Å². The van der Waals surface area contributed by atoms with Crippen molar-refractivity contribution in [2.24, 2.45) is 0 Å². The number of unbranched alkanes of at least 4 members (excludes halogenated alkanes) is 1. The van der Waals surface area contributed by atoms with Crippen LogP contribution in [0.2, 0.25) is 0 Å². The van der Waals surface area contributed by atoms with Gasteiger partial charge in [-0.2, -0.15) is 9.65 Å². The Hall–Kier alpha value is -2.53. The van der Waals surface area contributed by atoms with Gasteiger partial charge in [0, 0.05) is 6.61 Å². The molecule has 0 bridgehead atoms. The molecule has 0 amide bonds. The lowest BCUT2D eigenvalue weighted by Gasteiger charge is -2.29. The van der Waals surface area contributed by atoms with Crippen LogP contribution in [0, 0.1) is 23.0 Å². The third-order valence-electron chi connectivity index (χ3n) is 4.58. The summed E-state index contributed by atoms with van der Waals surface area (Å²) in [5, 5.41) is 8.71. The van der Waals surface area contributed by atoms with Gasteiger partial charge in [-0.25, -0.2) is 4.39 Å². The zero-order chi connectivity index (χ0) is 20.6. The Bertz CT molecular complexity index is 843. The fraction of sp³-hybridized carbons (Fsp3) is 0.409. The van der Waals surface area contributed by atoms with Crippen molar-refractivity contribution in [3.63, 3.8) is 0 Å². The zero-order valence-electron chi connectivity index (χ0n) is 16.2. The third-order valence-corrected chi connectivity index (χ3v) is 4.58. The summed E-state index contributed by atoms with van der Waals surface area (Å²) in [5.74, 6) is -2.60. The first kappa shape index (κ1) is 21.2. The second-order valence-corrected chi connectivity index (χ2v) is 6.69. The van der Waals surface area contributed by atoms with Crippen molar-refractivity contribution in [1.29, 1.82) is 5.26 Å². The summed E-state index contributed by atoms with van der Waals surface area (Å²) in [7, 11) is 0. The molecule has 0 spiro atoms. The number of nitriles is 1. The van der Waals surface area contributed by atoms with Crippen LogP contribution in [0.15, 0.2) is 36.4 Å². The maximum atomic E-state index is 13.9. The predicted octanol–water partition coefficient (Wildman–Crippen LogP) is 4.65. The Labute approximate surface area is 168 Å². The van der Waals surface area contributed by atoms with E-state index in [0.717, 1.165) is 24.0 Å². The molecule has 154 valence electrons. The SMILES string of the molecule is CCCCOC1COC(c2ccc(COc3ccc(C#N)c(F)c3F)cc2)CO1. The van der Waals surface area contributed by atoms with Gasteiger partial charge in [-0.3, -0.25) is 0 Å². The molecule has 1 aliphatic rings. The number of halogens is 2. The molecular formula is C22H23F2NO4. The fourth-order valence-corrected chi connectivity index (χ4v) is 2.85. The van der Waals surface area contributed by atoms with Gasteiger partial charge in [0.05, 0.1) is 18.8 Å². The highest BCUT2D eigenvalue weighted by Crippen LogP contribution is 2.25. The molecule has 0 N–H and O–H groups in total. The van der Waals surface area contributed by atoms with E-state index >= 15 is 0 Å². The minimum absolute atomic E-state index is 0.0674. The molecule has 7 heteroatoms. The van der Waals surface area contributed by atoms with Crippen LogP contribution in [0.3, 0.4) is 0 Å². The van der Waals surface area contributed by atoms with Crippen molar-refractivity contribution in [3.8, 4) is 11.8 Å². The fourth-order valence-electron chi connectivity index (χ4n) is 2.85. The summed E-state index contributed by atoms with van der Waals surface area (Å²) in [4.78, 5) is 0. The predicted molar refractivity (Wildman–Crippen MR) is 101 cm³/mol. The molecule has 1 saturated heterocycles. The Morgan fingerprint density at radius 3 is 2.52 bits per heavy atom. The van der Waals surface area contributed by atoms with E-state index in [4.69, 9.17) is 24.2 Å². The summed E-state index contributed by atoms with van der Waals surface area (Å²) < 4.78 is 50.0. The van der Waals surface area contributed by atoms with Gasteiger partial charge in [0.1, 0.15) is 18.8 Å². The lowest BCUT2D eigenvalue weighted by molar-refractivity contribution is -0.236. The molecule has 5 nitrogen and oxygen atoms in total. The summed E-state index contributed by atoms with van der Waals surface area (Å²) in [6.07, 6.45) is 1.56. The topological polar surface area (TPSA) is 60.7 Å². The normalized spacial score (nSPS) is 19.0. The van der Waals surface area contributed by atoms with Crippen molar-refractivity contribution in [2.75, 3.05) is 19.8 Å². The minimum Gasteiger partial charge on any atom is -0.486 e. The zero-order valence-corrected chi connectivity index (χ0v) is 16.2. The molecule has 1 fully saturated rings. The van der Waals surface area contributed by atoms with E-state index in [-0.39, 0.29) is 30.3 Å². The molecule has 2 aromatic rings. The number of rotatable bonds is 8. The number of benzene rings is 2. The highest BCUT2D eigenvalue weighted by atomic mass is 19.2. The second-order valence-electron chi connectivity index (χ2n) is 6.69. The van der Waals surface area contributed by atoms with E-state index in [1.807, 2.05) is 24.3 Å². The standard InChI is InChI=1S/C22H23F2NO4/c1-2-3-10-26-20-14-28-19(13-29-20)16-6-4-15(5-7-16)12-27-18-9-8-17(11-25)21(23)22(18)24/h4-9,19-20H,2-3,10,12-14H2,1H3. The van der Waals surface area contributed by atoms with Crippen LogP contribution in [0.5, 0.6) is 5.75 Å². The van der Waals surface area contributed by atoms with E-state index in [0.29, 0.717) is 19.8 Å². The van der Waals surface area contributed by atoms with Gasteiger partial charge in [0.15, 0.2) is 17.9 Å². The van der Waals surface area contributed by atoms with Crippen LogP contribution < -0.4 is 4.74 Å². The summed E-state index contributed by atoms with van der Waals surface area (Å²) in [6.45, 7) is 3.61. The van der Waals surface area contributed by atoms with Gasteiger partial charge in [-0.15, -0.1) is 0 Å². The molecule has 2 unspecified atom stereocenters. The Balaban J connectivity index is 1.51. The van der Waals surface area contributed by atoms with Crippen molar-refractivity contribution in [1.82, 2.24) is 0 Å². The van der Waals surface area contributed by atoms with Crippen molar-refractivity contribution in [2.45, 2.75) is 38.8 Å². The van der Waals surface area contributed by atoms with Crippen LogP contribution in [-0.2, 0) is 20.8 Å². The molecule has 2 aromatic carbocycles. The maximum Gasteiger partial charge on any atom is 0.202 e. The first-order chi connectivity index (χ1) is 14.1. The highest BCUT2D eigenvalue weighted by molar-refractivity contribution is 5.38. The van der Waals surface area contributed by atoms with E-state index < -0.39 is 11.6 Å². The van der Waals surface area contributed by atoms with Gasteiger partial charge in [-0.05, 0) is 29.7 Å². The Morgan fingerprint density at radius 2 is 1.86 bits per heavy atom. The largest absolute Gasteiger partial charge is 0.486 e. The summed E-state index contributed by atoms with van der Waals surface area (Å²) in [6, 6.07) is 11.5. The van der Waals surface area contributed by atoms with Crippen LogP contribution >= 0.6 is 0 Å².